The van der Waals surface area contributed by atoms with Crippen LogP contribution in [0.3, 0.4) is 0 Å². The minimum atomic E-state index is -0.583. The molecule has 1 aliphatic rings. The van der Waals surface area contributed by atoms with Crippen molar-refractivity contribution in [3.63, 3.8) is 0 Å². The number of para-hydroxylation sites is 1. The molecule has 146 valence electrons. The number of fused-ring (bicyclic) bond motifs is 1. The third kappa shape index (κ3) is 3.54. The van der Waals surface area contributed by atoms with Gasteiger partial charge >= 0.3 is 0 Å². The Morgan fingerprint density at radius 3 is 2.21 bits per heavy atom. The van der Waals surface area contributed by atoms with Gasteiger partial charge in [0, 0.05) is 23.4 Å². The van der Waals surface area contributed by atoms with E-state index in [0.717, 1.165) is 33.6 Å². The number of amides is 2. The summed E-state index contributed by atoms with van der Waals surface area (Å²) in [7, 11) is 0. The molecular weight excluding hydrogens is 360 g/mol. The molecular formula is C25H24N2O2. The molecule has 1 atom stereocenters. The molecule has 0 bridgehead atoms. The molecule has 0 aromatic heterocycles. The van der Waals surface area contributed by atoms with Crippen LogP contribution < -0.4 is 10.2 Å². The number of carbonyl (C=O) groups excluding carboxylic acids is 2. The zero-order chi connectivity index (χ0) is 20.5. The first kappa shape index (κ1) is 18.9. The molecule has 0 unspecified atom stereocenters. The highest BCUT2D eigenvalue weighted by atomic mass is 16.2. The molecule has 0 saturated heterocycles. The summed E-state index contributed by atoms with van der Waals surface area (Å²) in [4.78, 5) is 28.3. The Kier molecular flexibility index (Phi) is 4.93. The first-order valence-corrected chi connectivity index (χ1v) is 9.81. The standard InChI is InChI=1S/C25H24N2O2/c1-16-13-17(2)23(18(3)14-16)26-24(28)22-15-20-11-7-8-12-21(20)27(22)25(29)19-9-5-4-6-10-19/h4-14,22H,15H2,1-3H3,(H,26,28)/t22-/m0/s1. The number of nitrogens with one attached hydrogen (secondary N) is 1. The number of carbonyl (C=O) groups is 2. The van der Waals surface area contributed by atoms with Crippen molar-refractivity contribution in [2.75, 3.05) is 10.2 Å². The average Bonchev–Trinajstić information content (AvgIpc) is 3.10. The van der Waals surface area contributed by atoms with Crippen molar-refractivity contribution in [2.45, 2.75) is 33.2 Å². The van der Waals surface area contributed by atoms with Crippen LogP contribution in [0.15, 0.2) is 66.7 Å². The molecule has 0 fully saturated rings. The molecule has 0 spiro atoms. The Balaban J connectivity index is 1.69. The molecule has 4 rings (SSSR count). The molecule has 0 saturated carbocycles. The smallest absolute Gasteiger partial charge is 0.259 e. The van der Waals surface area contributed by atoms with Crippen molar-refractivity contribution in [3.05, 3.63) is 94.5 Å². The van der Waals surface area contributed by atoms with E-state index in [4.69, 9.17) is 0 Å². The normalized spacial score (nSPS) is 15.1. The Morgan fingerprint density at radius 1 is 0.897 bits per heavy atom. The lowest BCUT2D eigenvalue weighted by Gasteiger charge is -2.26. The molecule has 4 heteroatoms. The van der Waals surface area contributed by atoms with Gasteiger partial charge in [-0.2, -0.15) is 0 Å². The molecule has 1 aliphatic heterocycles. The van der Waals surface area contributed by atoms with Crippen LogP contribution in [0.1, 0.15) is 32.6 Å². The summed E-state index contributed by atoms with van der Waals surface area (Å²) >= 11 is 0. The topological polar surface area (TPSA) is 49.4 Å². The van der Waals surface area contributed by atoms with Crippen LogP contribution in [0.2, 0.25) is 0 Å². The van der Waals surface area contributed by atoms with E-state index in [1.807, 2.05) is 63.2 Å². The minimum Gasteiger partial charge on any atom is -0.324 e. The Labute approximate surface area is 171 Å². The van der Waals surface area contributed by atoms with Crippen LogP contribution in [-0.4, -0.2) is 17.9 Å². The van der Waals surface area contributed by atoms with Gasteiger partial charge in [-0.3, -0.25) is 14.5 Å². The molecule has 29 heavy (non-hydrogen) atoms. The third-order valence-corrected chi connectivity index (χ3v) is 5.44. The highest BCUT2D eigenvalue weighted by Gasteiger charge is 2.38. The van der Waals surface area contributed by atoms with Crippen LogP contribution >= 0.6 is 0 Å². The van der Waals surface area contributed by atoms with Gasteiger partial charge in [0.2, 0.25) is 5.91 Å². The Hall–Kier alpha value is -3.40. The van der Waals surface area contributed by atoms with E-state index in [1.54, 1.807) is 17.0 Å². The van der Waals surface area contributed by atoms with Crippen molar-refractivity contribution in [1.82, 2.24) is 0 Å². The second-order valence-corrected chi connectivity index (χ2v) is 7.65. The number of aryl methyl sites for hydroxylation is 3. The highest BCUT2D eigenvalue weighted by Crippen LogP contribution is 2.34. The summed E-state index contributed by atoms with van der Waals surface area (Å²) < 4.78 is 0. The van der Waals surface area contributed by atoms with Gasteiger partial charge < -0.3 is 5.32 Å². The number of hydrogen-bond donors (Lipinski definition) is 1. The predicted octanol–water partition coefficient (Wildman–Crippen LogP) is 4.82. The van der Waals surface area contributed by atoms with Gasteiger partial charge in [0.15, 0.2) is 0 Å². The zero-order valence-corrected chi connectivity index (χ0v) is 16.9. The van der Waals surface area contributed by atoms with Gasteiger partial charge in [-0.1, -0.05) is 54.1 Å². The first-order chi connectivity index (χ1) is 14.0. The summed E-state index contributed by atoms with van der Waals surface area (Å²) in [6, 6.07) is 20.4. The quantitative estimate of drug-likeness (QED) is 0.704. The molecule has 1 N–H and O–H groups in total. The fraction of sp³-hybridized carbons (Fsp3) is 0.200. The van der Waals surface area contributed by atoms with Crippen LogP contribution in [0.4, 0.5) is 11.4 Å². The zero-order valence-electron chi connectivity index (χ0n) is 16.9. The second kappa shape index (κ2) is 7.55. The monoisotopic (exact) mass is 384 g/mol. The molecule has 3 aromatic carbocycles. The highest BCUT2D eigenvalue weighted by molar-refractivity contribution is 6.13. The van der Waals surface area contributed by atoms with E-state index in [0.29, 0.717) is 12.0 Å². The third-order valence-electron chi connectivity index (χ3n) is 5.44. The lowest BCUT2D eigenvalue weighted by atomic mass is 10.0. The number of rotatable bonds is 3. The molecule has 0 aliphatic carbocycles. The van der Waals surface area contributed by atoms with Crippen LogP contribution in [0.25, 0.3) is 0 Å². The lowest BCUT2D eigenvalue weighted by molar-refractivity contribution is -0.117. The molecule has 2 amide bonds. The number of anilines is 2. The van der Waals surface area contributed by atoms with Crippen LogP contribution in [0, 0.1) is 20.8 Å². The van der Waals surface area contributed by atoms with Crippen LogP contribution in [-0.2, 0) is 11.2 Å². The summed E-state index contributed by atoms with van der Waals surface area (Å²) in [5.41, 5.74) is 6.41. The van der Waals surface area contributed by atoms with Gasteiger partial charge in [-0.05, 0) is 55.7 Å². The summed E-state index contributed by atoms with van der Waals surface area (Å²) in [5.74, 6) is -0.325. The van der Waals surface area contributed by atoms with E-state index in [2.05, 4.69) is 17.4 Å². The van der Waals surface area contributed by atoms with Crippen molar-refractivity contribution < 1.29 is 9.59 Å². The predicted molar refractivity (Wildman–Crippen MR) is 116 cm³/mol. The second-order valence-electron chi connectivity index (χ2n) is 7.65. The van der Waals surface area contributed by atoms with Gasteiger partial charge in [0.05, 0.1) is 0 Å². The van der Waals surface area contributed by atoms with E-state index < -0.39 is 6.04 Å². The maximum Gasteiger partial charge on any atom is 0.259 e. The number of nitrogens with zero attached hydrogens (tertiary/aromatic N) is 1. The Bertz CT molecular complexity index is 1070. The SMILES string of the molecule is Cc1cc(C)c(NC(=O)[C@@H]2Cc3ccccc3N2C(=O)c2ccccc2)c(C)c1. The van der Waals surface area contributed by atoms with E-state index in [-0.39, 0.29) is 11.8 Å². The van der Waals surface area contributed by atoms with E-state index in [9.17, 15) is 9.59 Å². The minimum absolute atomic E-state index is 0.159. The van der Waals surface area contributed by atoms with Gasteiger partial charge in [0.1, 0.15) is 6.04 Å². The summed E-state index contributed by atoms with van der Waals surface area (Å²) in [6.45, 7) is 6.03. The van der Waals surface area contributed by atoms with Gasteiger partial charge in [-0.25, -0.2) is 0 Å². The van der Waals surface area contributed by atoms with Crippen molar-refractivity contribution >= 4 is 23.2 Å². The Morgan fingerprint density at radius 2 is 1.52 bits per heavy atom. The van der Waals surface area contributed by atoms with E-state index in [1.165, 1.54) is 0 Å². The molecule has 1 heterocycles. The number of hydrogen-bond acceptors (Lipinski definition) is 2. The number of benzene rings is 3. The average molecular weight is 384 g/mol. The maximum atomic E-state index is 13.3. The summed E-state index contributed by atoms with van der Waals surface area (Å²) in [5, 5.41) is 3.09. The van der Waals surface area contributed by atoms with Gasteiger partial charge in [0.25, 0.3) is 5.91 Å². The molecule has 4 nitrogen and oxygen atoms in total. The largest absolute Gasteiger partial charge is 0.324 e. The summed E-state index contributed by atoms with van der Waals surface area (Å²) in [6.07, 6.45) is 0.505. The van der Waals surface area contributed by atoms with Crippen molar-refractivity contribution in [3.8, 4) is 0 Å². The fourth-order valence-electron chi connectivity index (χ4n) is 4.15. The van der Waals surface area contributed by atoms with E-state index >= 15 is 0 Å². The lowest BCUT2D eigenvalue weighted by Crippen LogP contribution is -2.45. The molecule has 0 radical (unpaired) electrons. The molecule has 3 aromatic rings. The van der Waals surface area contributed by atoms with Crippen LogP contribution in [0.5, 0.6) is 0 Å². The van der Waals surface area contributed by atoms with Gasteiger partial charge in [-0.15, -0.1) is 0 Å². The first-order valence-electron chi connectivity index (χ1n) is 9.81. The fourth-order valence-corrected chi connectivity index (χ4v) is 4.15. The van der Waals surface area contributed by atoms with Crippen molar-refractivity contribution in [2.24, 2.45) is 0 Å². The van der Waals surface area contributed by atoms with Crippen molar-refractivity contribution in [1.29, 1.82) is 0 Å². The maximum absolute atomic E-state index is 13.3.